The summed E-state index contributed by atoms with van der Waals surface area (Å²) in [6.07, 6.45) is -4.63. The van der Waals surface area contributed by atoms with Crippen LogP contribution in [0.25, 0.3) is 0 Å². The van der Waals surface area contributed by atoms with E-state index in [4.69, 9.17) is 0 Å². The third-order valence-electron chi connectivity index (χ3n) is 1.84. The molecule has 0 radical (unpaired) electrons. The van der Waals surface area contributed by atoms with Gasteiger partial charge in [-0.2, -0.15) is 17.5 Å². The Hall–Kier alpha value is -1.31. The van der Waals surface area contributed by atoms with Gasteiger partial charge in [-0.3, -0.25) is 0 Å². The van der Waals surface area contributed by atoms with Gasteiger partial charge in [0.2, 0.25) is 0 Å². The average Bonchev–Trinajstić information content (AvgIpc) is 2.61. The molecule has 0 aliphatic carbocycles. The minimum atomic E-state index is -4.63. The number of alkyl halides is 3. The highest BCUT2D eigenvalue weighted by Gasteiger charge is 2.42. The summed E-state index contributed by atoms with van der Waals surface area (Å²) in [6, 6.07) is 0. The molecule has 0 spiro atoms. The van der Waals surface area contributed by atoms with Crippen molar-refractivity contribution in [3.63, 3.8) is 0 Å². The molecule has 0 aromatic carbocycles. The van der Waals surface area contributed by atoms with Crippen LogP contribution in [0.3, 0.4) is 0 Å². The molecule has 0 atom stereocenters. The Bertz CT molecular complexity index is 415. The molecule has 1 aromatic rings. The first-order valence-corrected chi connectivity index (χ1v) is 5.47. The van der Waals surface area contributed by atoms with Gasteiger partial charge in [0.25, 0.3) is 0 Å². The van der Waals surface area contributed by atoms with Crippen molar-refractivity contribution in [2.75, 3.05) is 25.6 Å². The van der Waals surface area contributed by atoms with E-state index in [2.05, 4.69) is 9.11 Å². The smallest absolute Gasteiger partial charge is 0.421 e. The second-order valence-corrected chi connectivity index (χ2v) is 4.10. The minimum absolute atomic E-state index is 0.0192. The summed E-state index contributed by atoms with van der Waals surface area (Å²) in [4.78, 5) is 12.1. The fraction of sp³-hybridized carbons (Fsp3) is 0.556. The summed E-state index contributed by atoms with van der Waals surface area (Å²) in [5.74, 6) is -1.27. The highest BCUT2D eigenvalue weighted by Crippen LogP contribution is 2.40. The number of halogens is 3. The number of rotatable bonds is 3. The molecule has 1 heterocycles. The lowest BCUT2D eigenvalue weighted by Gasteiger charge is -2.14. The molecule has 8 heteroatoms. The molecule has 0 aliphatic heterocycles. The summed E-state index contributed by atoms with van der Waals surface area (Å²) in [5, 5.41) is 0. The van der Waals surface area contributed by atoms with Crippen LogP contribution in [0.15, 0.2) is 0 Å². The van der Waals surface area contributed by atoms with Crippen molar-refractivity contribution in [1.82, 2.24) is 4.37 Å². The normalized spacial score (nSPS) is 11.4. The molecule has 96 valence electrons. The van der Waals surface area contributed by atoms with Gasteiger partial charge in [0, 0.05) is 14.1 Å². The fourth-order valence-electron chi connectivity index (χ4n) is 1.18. The third kappa shape index (κ3) is 2.87. The van der Waals surface area contributed by atoms with Crippen LogP contribution in [0.4, 0.5) is 19.0 Å². The zero-order chi connectivity index (χ0) is 13.2. The molecule has 0 amide bonds. The Morgan fingerprint density at radius 3 is 2.47 bits per heavy atom. The van der Waals surface area contributed by atoms with Crippen molar-refractivity contribution in [3.05, 3.63) is 10.4 Å². The molecule has 17 heavy (non-hydrogen) atoms. The maximum absolute atomic E-state index is 12.8. The lowest BCUT2D eigenvalue weighted by molar-refractivity contribution is -0.137. The van der Waals surface area contributed by atoms with Gasteiger partial charge in [-0.15, -0.1) is 0 Å². The molecule has 0 N–H and O–H groups in total. The van der Waals surface area contributed by atoms with Crippen LogP contribution in [0.1, 0.15) is 22.2 Å². The molecule has 0 aliphatic rings. The van der Waals surface area contributed by atoms with Crippen molar-refractivity contribution in [2.45, 2.75) is 13.1 Å². The Kier molecular flexibility index (Phi) is 3.97. The van der Waals surface area contributed by atoms with E-state index in [9.17, 15) is 18.0 Å². The van der Waals surface area contributed by atoms with Gasteiger partial charge in [-0.05, 0) is 18.5 Å². The van der Waals surface area contributed by atoms with E-state index in [1.807, 2.05) is 0 Å². The molecule has 4 nitrogen and oxygen atoms in total. The van der Waals surface area contributed by atoms with E-state index < -0.39 is 22.6 Å². The topological polar surface area (TPSA) is 42.4 Å². The first kappa shape index (κ1) is 13.8. The number of hydrogen-bond acceptors (Lipinski definition) is 5. The fourth-order valence-corrected chi connectivity index (χ4v) is 2.04. The number of carbonyl (C=O) groups excluding carboxylic acids is 1. The standard InChI is InChI=1S/C9H11F3N2O2S/c1-4-16-8(15)6-5(9(10,11)12)7(13-17-6)14(2)3/h4H2,1-3H3. The van der Waals surface area contributed by atoms with Crippen LogP contribution in [-0.4, -0.2) is 31.0 Å². The van der Waals surface area contributed by atoms with Crippen molar-refractivity contribution < 1.29 is 22.7 Å². The summed E-state index contributed by atoms with van der Waals surface area (Å²) < 4.78 is 46.7. The monoisotopic (exact) mass is 268 g/mol. The minimum Gasteiger partial charge on any atom is -0.462 e. The van der Waals surface area contributed by atoms with Crippen LogP contribution < -0.4 is 4.90 Å². The molecule has 0 saturated carbocycles. The lowest BCUT2D eigenvalue weighted by atomic mass is 10.2. The first-order valence-electron chi connectivity index (χ1n) is 4.70. The molecule has 0 bridgehead atoms. The number of esters is 1. The Morgan fingerprint density at radius 2 is 2.06 bits per heavy atom. The van der Waals surface area contributed by atoms with Crippen LogP contribution in [0.2, 0.25) is 0 Å². The Morgan fingerprint density at radius 1 is 1.47 bits per heavy atom. The van der Waals surface area contributed by atoms with Gasteiger partial charge >= 0.3 is 12.1 Å². The summed E-state index contributed by atoms with van der Waals surface area (Å²) in [7, 11) is 2.86. The second-order valence-electron chi connectivity index (χ2n) is 3.32. The molecule has 0 unspecified atom stereocenters. The Labute approximate surface area is 100 Å². The van der Waals surface area contributed by atoms with E-state index in [0.29, 0.717) is 11.5 Å². The predicted molar refractivity (Wildman–Crippen MR) is 57.4 cm³/mol. The first-order chi connectivity index (χ1) is 7.79. The summed E-state index contributed by atoms with van der Waals surface area (Å²) >= 11 is 0.493. The third-order valence-corrected chi connectivity index (χ3v) is 2.66. The highest BCUT2D eigenvalue weighted by molar-refractivity contribution is 7.08. The number of aromatic nitrogens is 1. The average molecular weight is 268 g/mol. The molecular formula is C9H11F3N2O2S. The SMILES string of the molecule is CCOC(=O)c1snc(N(C)C)c1C(F)(F)F. The summed E-state index contributed by atoms with van der Waals surface area (Å²) in [5.41, 5.74) is -1.04. The molecular weight excluding hydrogens is 257 g/mol. The predicted octanol–water partition coefficient (Wildman–Crippen LogP) is 2.40. The second kappa shape index (κ2) is 4.91. The van der Waals surface area contributed by atoms with Gasteiger partial charge in [-0.1, -0.05) is 0 Å². The van der Waals surface area contributed by atoms with Crippen LogP contribution in [0.5, 0.6) is 0 Å². The van der Waals surface area contributed by atoms with Gasteiger partial charge < -0.3 is 9.64 Å². The van der Waals surface area contributed by atoms with Crippen molar-refractivity contribution in [3.8, 4) is 0 Å². The van der Waals surface area contributed by atoms with E-state index >= 15 is 0 Å². The number of hydrogen-bond donors (Lipinski definition) is 0. The lowest BCUT2D eigenvalue weighted by Crippen LogP contribution is -2.18. The number of nitrogens with zero attached hydrogens (tertiary/aromatic N) is 2. The maximum atomic E-state index is 12.8. The summed E-state index contributed by atoms with van der Waals surface area (Å²) in [6.45, 7) is 1.55. The van der Waals surface area contributed by atoms with Crippen molar-refractivity contribution in [2.24, 2.45) is 0 Å². The Balaban J connectivity index is 3.28. The highest BCUT2D eigenvalue weighted by atomic mass is 32.1. The number of carbonyl (C=O) groups is 1. The quantitative estimate of drug-likeness (QED) is 0.789. The van der Waals surface area contributed by atoms with Gasteiger partial charge in [-0.25, -0.2) is 4.79 Å². The van der Waals surface area contributed by atoms with E-state index in [1.54, 1.807) is 0 Å². The van der Waals surface area contributed by atoms with Gasteiger partial charge in [0.05, 0.1) is 6.61 Å². The zero-order valence-electron chi connectivity index (χ0n) is 9.46. The van der Waals surface area contributed by atoms with Crippen LogP contribution in [-0.2, 0) is 10.9 Å². The molecule has 0 fully saturated rings. The van der Waals surface area contributed by atoms with E-state index in [0.717, 1.165) is 0 Å². The van der Waals surface area contributed by atoms with Crippen molar-refractivity contribution in [1.29, 1.82) is 0 Å². The number of anilines is 1. The van der Waals surface area contributed by atoms with E-state index in [-0.39, 0.29) is 12.4 Å². The maximum Gasteiger partial charge on any atom is 0.421 e. The van der Waals surface area contributed by atoms with Crippen molar-refractivity contribution >= 4 is 23.3 Å². The molecule has 0 saturated heterocycles. The van der Waals surface area contributed by atoms with E-state index in [1.165, 1.54) is 25.9 Å². The largest absolute Gasteiger partial charge is 0.462 e. The van der Waals surface area contributed by atoms with Gasteiger partial charge in [0.1, 0.15) is 10.4 Å². The van der Waals surface area contributed by atoms with Gasteiger partial charge in [0.15, 0.2) is 5.82 Å². The zero-order valence-corrected chi connectivity index (χ0v) is 10.3. The van der Waals surface area contributed by atoms with Crippen LogP contribution >= 0.6 is 11.5 Å². The van der Waals surface area contributed by atoms with Crippen LogP contribution in [0, 0.1) is 0 Å². The molecule has 1 aromatic heterocycles. The number of ether oxygens (including phenoxy) is 1. The molecule has 1 rings (SSSR count).